The molecule has 1 aliphatic heterocycles. The summed E-state index contributed by atoms with van der Waals surface area (Å²) in [5.41, 5.74) is 7.67. The average Bonchev–Trinajstić information content (AvgIpc) is 2.44. The van der Waals surface area contributed by atoms with E-state index in [4.69, 9.17) is 5.73 Å². The number of nitrogens with two attached hydrogens (primary N) is 1. The van der Waals surface area contributed by atoms with Crippen LogP contribution in [0.15, 0.2) is 33.2 Å². The molecule has 1 heterocycles. The number of aliphatic imine (C=N–C) groups is 1. The van der Waals surface area contributed by atoms with Gasteiger partial charge < -0.3 is 10.8 Å². The van der Waals surface area contributed by atoms with Gasteiger partial charge in [-0.2, -0.15) is 0 Å². The lowest BCUT2D eigenvalue weighted by molar-refractivity contribution is -0.132. The minimum Gasteiger partial charge on any atom is -0.478 e. The third-order valence-corrected chi connectivity index (χ3v) is 3.43. The van der Waals surface area contributed by atoms with E-state index < -0.39 is 5.97 Å². The van der Waals surface area contributed by atoms with E-state index in [0.29, 0.717) is 23.5 Å². The van der Waals surface area contributed by atoms with Gasteiger partial charge in [0, 0.05) is 21.5 Å². The van der Waals surface area contributed by atoms with Crippen molar-refractivity contribution >= 4 is 39.5 Å². The molecule has 2 rings (SSSR count). The van der Waals surface area contributed by atoms with Crippen LogP contribution in [-0.4, -0.2) is 16.9 Å². The maximum atomic E-state index is 11.3. The molecule has 4 nitrogen and oxygen atoms in total. The maximum absolute atomic E-state index is 11.3. The molecule has 0 spiro atoms. The van der Waals surface area contributed by atoms with Gasteiger partial charge in [0.2, 0.25) is 0 Å². The van der Waals surface area contributed by atoms with Gasteiger partial charge in [-0.05, 0) is 24.6 Å². The van der Waals surface area contributed by atoms with Crippen LogP contribution in [0, 0.1) is 5.92 Å². The summed E-state index contributed by atoms with van der Waals surface area (Å²) in [5, 5.41) is 9.27. The number of hydrogen-bond acceptors (Lipinski definition) is 3. The first-order chi connectivity index (χ1) is 8.52. The van der Waals surface area contributed by atoms with Gasteiger partial charge in [0.05, 0.1) is 5.69 Å². The van der Waals surface area contributed by atoms with Gasteiger partial charge in [0.1, 0.15) is 5.84 Å². The highest BCUT2D eigenvalue weighted by Crippen LogP contribution is 2.32. The zero-order valence-electron chi connectivity index (χ0n) is 9.85. The molecule has 3 N–H and O–H groups in total. The van der Waals surface area contributed by atoms with Crippen molar-refractivity contribution in [3.05, 3.63) is 33.8 Å². The van der Waals surface area contributed by atoms with E-state index in [1.54, 1.807) is 6.08 Å². The second kappa shape index (κ2) is 4.94. The van der Waals surface area contributed by atoms with E-state index in [1.165, 1.54) is 0 Å². The molecule has 1 aromatic rings. The van der Waals surface area contributed by atoms with Gasteiger partial charge >= 0.3 is 5.97 Å². The van der Waals surface area contributed by atoms with Crippen LogP contribution >= 0.6 is 15.9 Å². The summed E-state index contributed by atoms with van der Waals surface area (Å²) < 4.78 is 0.887. The summed E-state index contributed by atoms with van der Waals surface area (Å²) in [6.07, 6.45) is 2.27. The zero-order chi connectivity index (χ0) is 13.3. The number of rotatable bonds is 2. The summed E-state index contributed by atoms with van der Waals surface area (Å²) in [4.78, 5) is 15.6. The van der Waals surface area contributed by atoms with Crippen LogP contribution in [0.5, 0.6) is 0 Å². The Labute approximate surface area is 113 Å². The quantitative estimate of drug-likeness (QED) is 0.882. The number of fused-ring (bicyclic) bond motifs is 1. The van der Waals surface area contributed by atoms with Crippen molar-refractivity contribution in [2.75, 3.05) is 0 Å². The first-order valence-corrected chi connectivity index (χ1v) is 6.40. The fourth-order valence-corrected chi connectivity index (χ4v) is 2.37. The fourth-order valence-electron chi connectivity index (χ4n) is 2.02. The Hall–Kier alpha value is -1.62. The third-order valence-electron chi connectivity index (χ3n) is 2.94. The first-order valence-electron chi connectivity index (χ1n) is 5.61. The predicted octanol–water partition coefficient (Wildman–Crippen LogP) is 2.95. The largest absolute Gasteiger partial charge is 0.478 e. The van der Waals surface area contributed by atoms with E-state index in [0.717, 1.165) is 10.0 Å². The SMILES string of the molecule is CCC1C(C(=O)O)=Cc2ccc(Br)cc2N=C1N. The van der Waals surface area contributed by atoms with E-state index in [-0.39, 0.29) is 5.92 Å². The van der Waals surface area contributed by atoms with Crippen LogP contribution in [0.4, 0.5) is 5.69 Å². The lowest BCUT2D eigenvalue weighted by atomic mass is 9.94. The number of carboxylic acid groups (broad SMARTS) is 1. The normalized spacial score (nSPS) is 18.4. The summed E-state index contributed by atoms with van der Waals surface area (Å²) >= 11 is 3.36. The second-order valence-electron chi connectivity index (χ2n) is 4.11. The molecule has 0 amide bonds. The lowest BCUT2D eigenvalue weighted by Gasteiger charge is -2.13. The van der Waals surface area contributed by atoms with Crippen molar-refractivity contribution in [2.24, 2.45) is 16.6 Å². The molecule has 0 radical (unpaired) electrons. The van der Waals surface area contributed by atoms with Crippen LogP contribution in [0.25, 0.3) is 6.08 Å². The Morgan fingerprint density at radius 2 is 2.28 bits per heavy atom. The Morgan fingerprint density at radius 3 is 2.89 bits per heavy atom. The lowest BCUT2D eigenvalue weighted by Crippen LogP contribution is -2.27. The molecule has 1 atom stereocenters. The number of carbonyl (C=O) groups is 1. The summed E-state index contributed by atoms with van der Waals surface area (Å²) in [5.74, 6) is -0.938. The van der Waals surface area contributed by atoms with Gasteiger partial charge in [0.25, 0.3) is 0 Å². The topological polar surface area (TPSA) is 75.7 Å². The van der Waals surface area contributed by atoms with E-state index in [1.807, 2.05) is 25.1 Å². The molecular weight excluding hydrogens is 296 g/mol. The minimum absolute atomic E-state index is 0.292. The molecular formula is C13H13BrN2O2. The monoisotopic (exact) mass is 308 g/mol. The molecule has 94 valence electrons. The number of hydrogen-bond donors (Lipinski definition) is 2. The van der Waals surface area contributed by atoms with Crippen LogP contribution < -0.4 is 5.73 Å². The second-order valence-corrected chi connectivity index (χ2v) is 5.02. The van der Waals surface area contributed by atoms with E-state index in [9.17, 15) is 9.90 Å². The molecule has 1 aromatic carbocycles. The number of nitrogens with zero attached hydrogens (tertiary/aromatic N) is 1. The zero-order valence-corrected chi connectivity index (χ0v) is 11.4. The molecule has 18 heavy (non-hydrogen) atoms. The van der Waals surface area contributed by atoms with Crippen molar-refractivity contribution in [1.82, 2.24) is 0 Å². The van der Waals surface area contributed by atoms with Crippen molar-refractivity contribution in [2.45, 2.75) is 13.3 Å². The highest BCUT2D eigenvalue weighted by atomic mass is 79.9. The number of halogens is 1. The van der Waals surface area contributed by atoms with Crippen molar-refractivity contribution in [1.29, 1.82) is 0 Å². The molecule has 1 unspecified atom stereocenters. The first kappa shape index (κ1) is 12.8. The molecule has 5 heteroatoms. The Morgan fingerprint density at radius 1 is 1.56 bits per heavy atom. The molecule has 0 aliphatic carbocycles. The van der Waals surface area contributed by atoms with Gasteiger partial charge in [0.15, 0.2) is 0 Å². The number of amidine groups is 1. The highest BCUT2D eigenvalue weighted by molar-refractivity contribution is 9.10. The van der Waals surface area contributed by atoms with Crippen LogP contribution in [0.3, 0.4) is 0 Å². The molecule has 0 saturated carbocycles. The summed E-state index contributed by atoms with van der Waals surface area (Å²) in [6, 6.07) is 5.51. The minimum atomic E-state index is -0.948. The molecule has 0 aromatic heterocycles. The Bertz CT molecular complexity index is 564. The average molecular weight is 309 g/mol. The number of benzene rings is 1. The van der Waals surface area contributed by atoms with E-state index >= 15 is 0 Å². The standard InChI is InChI=1S/C13H13BrN2O2/c1-2-9-10(13(17)18)5-7-3-4-8(14)6-11(7)16-12(9)15/h3-6,9H,2H2,1H3,(H2,15,16)(H,17,18). The molecule has 0 fully saturated rings. The smallest absolute Gasteiger partial charge is 0.332 e. The maximum Gasteiger partial charge on any atom is 0.332 e. The van der Waals surface area contributed by atoms with Gasteiger partial charge in [-0.3, -0.25) is 0 Å². The van der Waals surface area contributed by atoms with Crippen LogP contribution in [-0.2, 0) is 4.79 Å². The van der Waals surface area contributed by atoms with Crippen molar-refractivity contribution in [3.8, 4) is 0 Å². The summed E-state index contributed by atoms with van der Waals surface area (Å²) in [6.45, 7) is 1.90. The van der Waals surface area contributed by atoms with Crippen molar-refractivity contribution in [3.63, 3.8) is 0 Å². The third kappa shape index (κ3) is 2.31. The molecule has 0 bridgehead atoms. The number of carboxylic acids is 1. The number of aliphatic carboxylic acids is 1. The van der Waals surface area contributed by atoms with Crippen LogP contribution in [0.2, 0.25) is 0 Å². The van der Waals surface area contributed by atoms with Gasteiger partial charge in [-0.25, -0.2) is 9.79 Å². The molecule has 0 saturated heterocycles. The molecule has 1 aliphatic rings. The Kier molecular flexibility index (Phi) is 3.52. The van der Waals surface area contributed by atoms with Crippen molar-refractivity contribution < 1.29 is 9.90 Å². The van der Waals surface area contributed by atoms with Crippen LogP contribution in [0.1, 0.15) is 18.9 Å². The van der Waals surface area contributed by atoms with Gasteiger partial charge in [-0.15, -0.1) is 0 Å². The summed E-state index contributed by atoms with van der Waals surface area (Å²) in [7, 11) is 0. The van der Waals surface area contributed by atoms with Gasteiger partial charge in [-0.1, -0.05) is 28.9 Å². The fraction of sp³-hybridized carbons (Fsp3) is 0.231. The Balaban J connectivity index is 2.65. The van der Waals surface area contributed by atoms with E-state index in [2.05, 4.69) is 20.9 Å². The predicted molar refractivity (Wildman–Crippen MR) is 74.8 cm³/mol. The highest BCUT2D eigenvalue weighted by Gasteiger charge is 2.25.